The molecule has 0 radical (unpaired) electrons. The molecule has 5 nitrogen and oxygen atoms in total. The molecule has 0 aliphatic rings. The number of carbonyl (C=O) groups is 1. The first-order valence-electron chi connectivity index (χ1n) is 8.90. The molecule has 0 saturated carbocycles. The molecular formula is C20H25FN2O3S2. The van der Waals surface area contributed by atoms with Crippen LogP contribution in [0.2, 0.25) is 0 Å². The van der Waals surface area contributed by atoms with E-state index in [1.807, 2.05) is 6.07 Å². The molecule has 0 aromatic heterocycles. The molecule has 2 aromatic rings. The fourth-order valence-electron chi connectivity index (χ4n) is 2.61. The predicted molar refractivity (Wildman–Crippen MR) is 114 cm³/mol. The Bertz CT molecular complexity index is 904. The SMILES string of the molecule is Cc1ccccc1N(CC(=O)NCCCSCc1ccccc1F)S(C)(=O)=O. The lowest BCUT2D eigenvalue weighted by molar-refractivity contribution is -0.119. The lowest BCUT2D eigenvalue weighted by Gasteiger charge is -2.23. The monoisotopic (exact) mass is 424 g/mol. The number of rotatable bonds is 10. The number of thioether (sulfide) groups is 1. The van der Waals surface area contributed by atoms with Crippen LogP contribution < -0.4 is 9.62 Å². The zero-order valence-electron chi connectivity index (χ0n) is 16.0. The second kappa shape index (κ2) is 10.5. The number of nitrogens with one attached hydrogen (secondary N) is 1. The van der Waals surface area contributed by atoms with Gasteiger partial charge in [0.2, 0.25) is 15.9 Å². The quantitative estimate of drug-likeness (QED) is 0.594. The standard InChI is InChI=1S/C20H25FN2O3S2/c1-16-8-3-6-11-19(16)23(28(2,25)26)14-20(24)22-12-7-13-27-15-17-9-4-5-10-18(17)21/h3-6,8-11H,7,12-15H2,1-2H3,(H,22,24). The van der Waals surface area contributed by atoms with Gasteiger partial charge in [-0.15, -0.1) is 0 Å². The van der Waals surface area contributed by atoms with Crippen molar-refractivity contribution in [2.24, 2.45) is 0 Å². The Hall–Kier alpha value is -2.06. The number of nitrogens with zero attached hydrogens (tertiary/aromatic N) is 1. The Morgan fingerprint density at radius 1 is 1.14 bits per heavy atom. The Morgan fingerprint density at radius 3 is 2.50 bits per heavy atom. The summed E-state index contributed by atoms with van der Waals surface area (Å²) in [6, 6.07) is 13.7. The molecule has 0 spiro atoms. The number of sulfonamides is 1. The lowest BCUT2D eigenvalue weighted by atomic mass is 10.2. The number of benzene rings is 2. The van der Waals surface area contributed by atoms with Crippen molar-refractivity contribution in [3.8, 4) is 0 Å². The third-order valence-corrected chi connectivity index (χ3v) is 6.29. The molecule has 0 atom stereocenters. The Balaban J connectivity index is 1.77. The van der Waals surface area contributed by atoms with Gasteiger partial charge in [0.15, 0.2) is 0 Å². The number of halogens is 1. The van der Waals surface area contributed by atoms with E-state index in [0.29, 0.717) is 30.0 Å². The third-order valence-electron chi connectivity index (χ3n) is 4.07. The molecule has 2 rings (SSSR count). The van der Waals surface area contributed by atoms with Crippen LogP contribution in [0.25, 0.3) is 0 Å². The summed E-state index contributed by atoms with van der Waals surface area (Å²) in [7, 11) is -3.58. The molecule has 0 saturated heterocycles. The van der Waals surface area contributed by atoms with Crippen LogP contribution in [-0.4, -0.2) is 39.4 Å². The van der Waals surface area contributed by atoms with Crippen LogP contribution in [0.1, 0.15) is 17.5 Å². The van der Waals surface area contributed by atoms with E-state index in [4.69, 9.17) is 0 Å². The van der Waals surface area contributed by atoms with Crippen molar-refractivity contribution in [3.63, 3.8) is 0 Å². The number of amides is 1. The van der Waals surface area contributed by atoms with Crippen molar-refractivity contribution in [2.75, 3.05) is 29.4 Å². The first-order chi connectivity index (χ1) is 13.3. The van der Waals surface area contributed by atoms with E-state index in [-0.39, 0.29) is 18.3 Å². The van der Waals surface area contributed by atoms with Crippen LogP contribution in [0.4, 0.5) is 10.1 Å². The molecule has 0 heterocycles. The first kappa shape index (κ1) is 22.2. The topological polar surface area (TPSA) is 66.5 Å². The van der Waals surface area contributed by atoms with Crippen LogP contribution in [0.3, 0.4) is 0 Å². The van der Waals surface area contributed by atoms with Crippen molar-refractivity contribution >= 4 is 33.4 Å². The van der Waals surface area contributed by atoms with Crippen molar-refractivity contribution in [2.45, 2.75) is 19.1 Å². The van der Waals surface area contributed by atoms with Gasteiger partial charge in [-0.3, -0.25) is 9.10 Å². The number of carbonyl (C=O) groups excluding carboxylic acids is 1. The first-order valence-corrected chi connectivity index (χ1v) is 11.9. The zero-order chi connectivity index (χ0) is 20.6. The van der Waals surface area contributed by atoms with E-state index < -0.39 is 10.0 Å². The molecule has 0 aliphatic carbocycles. The highest BCUT2D eigenvalue weighted by molar-refractivity contribution is 7.98. The summed E-state index contributed by atoms with van der Waals surface area (Å²) in [5.41, 5.74) is 1.95. The van der Waals surface area contributed by atoms with Crippen molar-refractivity contribution in [3.05, 3.63) is 65.5 Å². The summed E-state index contributed by atoms with van der Waals surface area (Å²) in [6.45, 7) is 1.98. The molecule has 0 aliphatic heterocycles. The highest BCUT2D eigenvalue weighted by Gasteiger charge is 2.21. The molecule has 28 heavy (non-hydrogen) atoms. The lowest BCUT2D eigenvalue weighted by Crippen LogP contribution is -2.41. The zero-order valence-corrected chi connectivity index (χ0v) is 17.7. The minimum absolute atomic E-state index is 0.208. The smallest absolute Gasteiger partial charge is 0.240 e. The second-order valence-electron chi connectivity index (χ2n) is 6.40. The maximum absolute atomic E-state index is 13.5. The number of para-hydroxylation sites is 1. The fraction of sp³-hybridized carbons (Fsp3) is 0.350. The molecule has 8 heteroatoms. The molecule has 1 amide bonds. The minimum atomic E-state index is -3.58. The van der Waals surface area contributed by atoms with E-state index in [2.05, 4.69) is 5.32 Å². The van der Waals surface area contributed by atoms with Gasteiger partial charge in [0.05, 0.1) is 11.9 Å². The highest BCUT2D eigenvalue weighted by atomic mass is 32.2. The average Bonchev–Trinajstić information content (AvgIpc) is 2.64. The third kappa shape index (κ3) is 6.83. The summed E-state index contributed by atoms with van der Waals surface area (Å²) >= 11 is 1.59. The van der Waals surface area contributed by atoms with Gasteiger partial charge in [-0.1, -0.05) is 36.4 Å². The van der Waals surface area contributed by atoms with E-state index >= 15 is 0 Å². The molecule has 0 unspecified atom stereocenters. The summed E-state index contributed by atoms with van der Waals surface area (Å²) in [4.78, 5) is 12.2. The minimum Gasteiger partial charge on any atom is -0.354 e. The summed E-state index contributed by atoms with van der Waals surface area (Å²) in [6.07, 6.45) is 1.81. The van der Waals surface area contributed by atoms with Crippen LogP contribution in [0, 0.1) is 12.7 Å². The van der Waals surface area contributed by atoms with Crippen molar-refractivity contribution in [1.29, 1.82) is 0 Å². The number of anilines is 1. The maximum atomic E-state index is 13.5. The number of hydrogen-bond acceptors (Lipinski definition) is 4. The van der Waals surface area contributed by atoms with E-state index in [0.717, 1.165) is 21.9 Å². The molecule has 152 valence electrons. The Morgan fingerprint density at radius 2 is 1.82 bits per heavy atom. The van der Waals surface area contributed by atoms with E-state index in [1.54, 1.807) is 55.1 Å². The van der Waals surface area contributed by atoms with Gasteiger partial charge in [-0.05, 0) is 42.4 Å². The van der Waals surface area contributed by atoms with Crippen molar-refractivity contribution < 1.29 is 17.6 Å². The number of hydrogen-bond donors (Lipinski definition) is 1. The average molecular weight is 425 g/mol. The van der Waals surface area contributed by atoms with Crippen LogP contribution >= 0.6 is 11.8 Å². The summed E-state index contributed by atoms with van der Waals surface area (Å²) < 4.78 is 38.9. The highest BCUT2D eigenvalue weighted by Crippen LogP contribution is 2.21. The van der Waals surface area contributed by atoms with Crippen molar-refractivity contribution in [1.82, 2.24) is 5.32 Å². The molecule has 0 fully saturated rings. The summed E-state index contributed by atoms with van der Waals surface area (Å²) in [5.74, 6) is 0.783. The normalized spacial score (nSPS) is 11.2. The molecule has 0 bridgehead atoms. The van der Waals surface area contributed by atoms with Gasteiger partial charge in [0.1, 0.15) is 12.4 Å². The van der Waals surface area contributed by atoms with Gasteiger partial charge in [0.25, 0.3) is 0 Å². The Kier molecular flexibility index (Phi) is 8.32. The van der Waals surface area contributed by atoms with Gasteiger partial charge in [0, 0.05) is 12.3 Å². The van der Waals surface area contributed by atoms with Gasteiger partial charge in [-0.2, -0.15) is 11.8 Å². The van der Waals surface area contributed by atoms with Gasteiger partial charge >= 0.3 is 0 Å². The Labute approximate surface area is 170 Å². The predicted octanol–water partition coefficient (Wildman–Crippen LogP) is 3.34. The second-order valence-corrected chi connectivity index (χ2v) is 9.42. The van der Waals surface area contributed by atoms with Crippen LogP contribution in [0.5, 0.6) is 0 Å². The van der Waals surface area contributed by atoms with Gasteiger partial charge in [-0.25, -0.2) is 12.8 Å². The largest absolute Gasteiger partial charge is 0.354 e. The molecule has 1 N–H and O–H groups in total. The summed E-state index contributed by atoms with van der Waals surface area (Å²) in [5, 5.41) is 2.75. The van der Waals surface area contributed by atoms with E-state index in [9.17, 15) is 17.6 Å². The van der Waals surface area contributed by atoms with Crippen LogP contribution in [-0.2, 0) is 20.6 Å². The molecular weight excluding hydrogens is 399 g/mol. The van der Waals surface area contributed by atoms with E-state index in [1.165, 1.54) is 6.07 Å². The number of aryl methyl sites for hydroxylation is 1. The maximum Gasteiger partial charge on any atom is 0.240 e. The van der Waals surface area contributed by atoms with Crippen LogP contribution in [0.15, 0.2) is 48.5 Å². The fourth-order valence-corrected chi connectivity index (χ4v) is 4.47. The van der Waals surface area contributed by atoms with Gasteiger partial charge < -0.3 is 5.32 Å². The molecule has 2 aromatic carbocycles.